The van der Waals surface area contributed by atoms with Gasteiger partial charge in [0.25, 0.3) is 5.69 Å². The van der Waals surface area contributed by atoms with E-state index >= 15 is 0 Å². The smallest absolute Gasteiger partial charge is 0.270 e. The number of nitro benzene ring substituents is 1. The molecule has 0 radical (unpaired) electrons. The van der Waals surface area contributed by atoms with Gasteiger partial charge in [-0.25, -0.2) is 9.97 Å². The van der Waals surface area contributed by atoms with Crippen molar-refractivity contribution < 1.29 is 9.66 Å². The highest BCUT2D eigenvalue weighted by Gasteiger charge is 2.20. The minimum Gasteiger partial charge on any atom is -0.494 e. The van der Waals surface area contributed by atoms with Gasteiger partial charge >= 0.3 is 0 Å². The fourth-order valence-corrected chi connectivity index (χ4v) is 4.27. The molecule has 0 aliphatic carbocycles. The molecule has 0 bridgehead atoms. The normalized spacial score (nSPS) is 12.2. The molecule has 0 aliphatic heterocycles. The third-order valence-corrected chi connectivity index (χ3v) is 5.09. The summed E-state index contributed by atoms with van der Waals surface area (Å²) in [5, 5.41) is 11.7. The molecule has 9 heteroatoms. The summed E-state index contributed by atoms with van der Waals surface area (Å²) < 4.78 is 6.79. The monoisotopic (exact) mass is 480 g/mol. The van der Waals surface area contributed by atoms with Crippen LogP contribution in [0.5, 0.6) is 5.75 Å². The molecule has 134 valence electrons. The summed E-state index contributed by atoms with van der Waals surface area (Å²) in [5.74, 6) is 1.20. The Labute approximate surface area is 166 Å². The Kier molecular flexibility index (Phi) is 5.22. The van der Waals surface area contributed by atoms with Crippen molar-refractivity contribution in [2.75, 3.05) is 7.11 Å². The molecule has 1 heterocycles. The van der Waals surface area contributed by atoms with Crippen LogP contribution >= 0.6 is 31.9 Å². The minimum absolute atomic E-state index is 0.0319. The number of nitrogens with two attached hydrogens (primary N) is 1. The third kappa shape index (κ3) is 3.42. The van der Waals surface area contributed by atoms with Crippen LogP contribution in [-0.4, -0.2) is 22.0 Å². The predicted molar refractivity (Wildman–Crippen MR) is 105 cm³/mol. The highest BCUT2D eigenvalue weighted by atomic mass is 79.9. The summed E-state index contributed by atoms with van der Waals surface area (Å²) in [7, 11) is 1.57. The van der Waals surface area contributed by atoms with E-state index in [0.29, 0.717) is 28.2 Å². The Balaban J connectivity index is 2.20. The van der Waals surface area contributed by atoms with Crippen molar-refractivity contribution in [3.8, 4) is 5.75 Å². The zero-order valence-corrected chi connectivity index (χ0v) is 17.0. The Morgan fingerprint density at radius 3 is 2.42 bits per heavy atom. The number of benzene rings is 2. The molecule has 7 nitrogen and oxygen atoms in total. The number of hydrogen-bond donors (Lipinski definition) is 1. The van der Waals surface area contributed by atoms with E-state index in [1.54, 1.807) is 20.1 Å². The lowest BCUT2D eigenvalue weighted by Crippen LogP contribution is -2.15. The molecule has 0 amide bonds. The number of nitro groups is 1. The largest absolute Gasteiger partial charge is 0.494 e. The lowest BCUT2D eigenvalue weighted by molar-refractivity contribution is -0.384. The van der Waals surface area contributed by atoms with Crippen molar-refractivity contribution in [1.82, 2.24) is 9.97 Å². The van der Waals surface area contributed by atoms with Crippen LogP contribution in [0, 0.1) is 17.0 Å². The topological polar surface area (TPSA) is 104 Å². The molecule has 1 aromatic heterocycles. The van der Waals surface area contributed by atoms with E-state index in [0.717, 1.165) is 14.5 Å². The number of halogens is 2. The molecule has 2 N–H and O–H groups in total. The van der Waals surface area contributed by atoms with Gasteiger partial charge in [0.2, 0.25) is 0 Å². The van der Waals surface area contributed by atoms with Crippen molar-refractivity contribution in [2.45, 2.75) is 13.0 Å². The van der Waals surface area contributed by atoms with Crippen LogP contribution in [0.3, 0.4) is 0 Å². The standard InChI is InChI=1S/C17H14Br2N4O3/c1-8-21-14-4-3-10(23(24)25)7-11(14)16(22-8)15(20)9-5-12(18)17(26-2)13(19)6-9/h3-7,15H,20H2,1-2H3. The van der Waals surface area contributed by atoms with Crippen LogP contribution in [0.4, 0.5) is 5.69 Å². The van der Waals surface area contributed by atoms with Gasteiger partial charge in [-0.15, -0.1) is 0 Å². The maximum Gasteiger partial charge on any atom is 0.270 e. The lowest BCUT2D eigenvalue weighted by Gasteiger charge is -2.17. The molecule has 1 atom stereocenters. The average Bonchev–Trinajstić information content (AvgIpc) is 2.59. The Hall–Kier alpha value is -2.10. The third-order valence-electron chi connectivity index (χ3n) is 3.91. The van der Waals surface area contributed by atoms with Gasteiger partial charge in [-0.3, -0.25) is 10.1 Å². The fraction of sp³-hybridized carbons (Fsp3) is 0.176. The van der Waals surface area contributed by atoms with Crippen molar-refractivity contribution in [2.24, 2.45) is 5.73 Å². The number of fused-ring (bicyclic) bond motifs is 1. The van der Waals surface area contributed by atoms with Crippen LogP contribution in [0.1, 0.15) is 23.1 Å². The first kappa shape index (κ1) is 18.7. The van der Waals surface area contributed by atoms with E-state index in [2.05, 4.69) is 41.8 Å². The molecule has 3 rings (SSSR count). The van der Waals surface area contributed by atoms with E-state index in [1.807, 2.05) is 12.1 Å². The summed E-state index contributed by atoms with van der Waals surface area (Å²) >= 11 is 6.92. The second-order valence-corrected chi connectivity index (χ2v) is 7.32. The number of ether oxygens (including phenoxy) is 1. The predicted octanol–water partition coefficient (Wildman–Crippen LogP) is 4.43. The number of aromatic nitrogens is 2. The first-order chi connectivity index (χ1) is 12.3. The van der Waals surface area contributed by atoms with Crippen LogP contribution in [0.15, 0.2) is 39.3 Å². The molecule has 3 aromatic rings. The molecule has 0 aliphatic rings. The van der Waals surface area contributed by atoms with Gasteiger partial charge in [-0.1, -0.05) is 0 Å². The van der Waals surface area contributed by atoms with Crippen molar-refractivity contribution in [3.63, 3.8) is 0 Å². The summed E-state index contributed by atoms with van der Waals surface area (Å²) in [6, 6.07) is 7.57. The first-order valence-electron chi connectivity index (χ1n) is 7.53. The summed E-state index contributed by atoms with van der Waals surface area (Å²) in [6.07, 6.45) is 0. The number of non-ortho nitro benzene ring substituents is 1. The number of methoxy groups -OCH3 is 1. The molecule has 0 spiro atoms. The summed E-state index contributed by atoms with van der Waals surface area (Å²) in [4.78, 5) is 19.5. The van der Waals surface area contributed by atoms with E-state index in [-0.39, 0.29) is 5.69 Å². The SMILES string of the molecule is COc1c(Br)cc(C(N)c2nc(C)nc3ccc([N+](=O)[O-])cc23)cc1Br. The Morgan fingerprint density at radius 2 is 1.85 bits per heavy atom. The van der Waals surface area contributed by atoms with Crippen LogP contribution < -0.4 is 10.5 Å². The Bertz CT molecular complexity index is 1000. The molecule has 0 fully saturated rings. The molecule has 0 saturated carbocycles. The fourth-order valence-electron chi connectivity index (χ4n) is 2.72. The second-order valence-electron chi connectivity index (χ2n) is 5.61. The maximum atomic E-state index is 11.1. The van der Waals surface area contributed by atoms with Crippen molar-refractivity contribution in [3.05, 3.63) is 66.5 Å². The van der Waals surface area contributed by atoms with Crippen LogP contribution in [-0.2, 0) is 0 Å². The number of nitrogens with zero attached hydrogens (tertiary/aromatic N) is 3. The van der Waals surface area contributed by atoms with E-state index < -0.39 is 11.0 Å². The number of aryl methyl sites for hydroxylation is 1. The second kappa shape index (κ2) is 7.26. The van der Waals surface area contributed by atoms with Gasteiger partial charge in [0, 0.05) is 17.5 Å². The number of rotatable bonds is 4. The van der Waals surface area contributed by atoms with Gasteiger partial charge in [-0.05, 0) is 62.5 Å². The van der Waals surface area contributed by atoms with Gasteiger partial charge in [0.1, 0.15) is 11.6 Å². The minimum atomic E-state index is -0.597. The van der Waals surface area contributed by atoms with Gasteiger partial charge in [0.05, 0.1) is 38.2 Å². The maximum absolute atomic E-state index is 11.1. The zero-order chi connectivity index (χ0) is 19.0. The van der Waals surface area contributed by atoms with Gasteiger partial charge < -0.3 is 10.5 Å². The highest BCUT2D eigenvalue weighted by Crippen LogP contribution is 2.37. The summed E-state index contributed by atoms with van der Waals surface area (Å²) in [6.45, 7) is 1.76. The van der Waals surface area contributed by atoms with Crippen molar-refractivity contribution in [1.29, 1.82) is 0 Å². The van der Waals surface area contributed by atoms with E-state index in [1.165, 1.54) is 12.1 Å². The van der Waals surface area contributed by atoms with Crippen molar-refractivity contribution >= 4 is 48.5 Å². The van der Waals surface area contributed by atoms with E-state index in [9.17, 15) is 10.1 Å². The van der Waals surface area contributed by atoms with E-state index in [4.69, 9.17) is 10.5 Å². The number of hydrogen-bond acceptors (Lipinski definition) is 6. The summed E-state index contributed by atoms with van der Waals surface area (Å²) in [5.41, 5.74) is 8.34. The molecular weight excluding hydrogens is 468 g/mol. The zero-order valence-electron chi connectivity index (χ0n) is 13.9. The molecule has 1 unspecified atom stereocenters. The van der Waals surface area contributed by atoms with Crippen LogP contribution in [0.25, 0.3) is 10.9 Å². The van der Waals surface area contributed by atoms with Gasteiger partial charge in [-0.2, -0.15) is 0 Å². The average molecular weight is 482 g/mol. The van der Waals surface area contributed by atoms with Gasteiger partial charge in [0.15, 0.2) is 0 Å². The highest BCUT2D eigenvalue weighted by molar-refractivity contribution is 9.11. The molecule has 26 heavy (non-hydrogen) atoms. The lowest BCUT2D eigenvalue weighted by atomic mass is 10.0. The first-order valence-corrected chi connectivity index (χ1v) is 9.11. The Morgan fingerprint density at radius 1 is 1.19 bits per heavy atom. The quantitative estimate of drug-likeness (QED) is 0.436. The molecular formula is C17H14Br2N4O3. The van der Waals surface area contributed by atoms with Crippen LogP contribution in [0.2, 0.25) is 0 Å². The molecule has 2 aromatic carbocycles. The molecule has 0 saturated heterocycles.